The number of carbonyl (C=O) groups excluding carboxylic acids is 3. The third kappa shape index (κ3) is 5.68. The van der Waals surface area contributed by atoms with Gasteiger partial charge in [0.1, 0.15) is 6.61 Å². The number of hydrogen-bond acceptors (Lipinski definition) is 8. The van der Waals surface area contributed by atoms with Crippen molar-refractivity contribution in [2.45, 2.75) is 26.8 Å². The quantitative estimate of drug-likeness (QED) is 0.185. The number of aromatic nitrogens is 1. The Bertz CT molecular complexity index is 1490. The van der Waals surface area contributed by atoms with Crippen molar-refractivity contribution in [3.63, 3.8) is 0 Å². The number of aryl methyl sites for hydroxylation is 1. The molecule has 8 nitrogen and oxygen atoms in total. The SMILES string of the molecule is C=CCOc1ccc(C2C(C(=O)C=Cc3ccccc3)=C(O)C(=O)N2c2nc(C)c(C(C)=O)s2)cc1OCC. The predicted octanol–water partition coefficient (Wildman–Crippen LogP) is 5.80. The van der Waals surface area contributed by atoms with Gasteiger partial charge in [-0.2, -0.15) is 0 Å². The Hall–Kier alpha value is -4.50. The summed E-state index contributed by atoms with van der Waals surface area (Å²) in [7, 11) is 0. The van der Waals surface area contributed by atoms with Crippen LogP contribution in [-0.4, -0.2) is 40.8 Å². The molecule has 1 unspecified atom stereocenters. The minimum Gasteiger partial charge on any atom is -0.503 e. The Morgan fingerprint density at radius 2 is 1.90 bits per heavy atom. The number of benzene rings is 2. The average molecular weight is 545 g/mol. The van der Waals surface area contributed by atoms with E-state index in [2.05, 4.69) is 11.6 Å². The summed E-state index contributed by atoms with van der Waals surface area (Å²) in [5.74, 6) is -1.33. The lowest BCUT2D eigenvalue weighted by Gasteiger charge is -2.25. The molecule has 0 bridgehead atoms. The Labute approximate surface area is 230 Å². The average Bonchev–Trinajstić information content (AvgIpc) is 3.44. The van der Waals surface area contributed by atoms with Gasteiger partial charge >= 0.3 is 0 Å². The first kappa shape index (κ1) is 27.5. The standard InChI is InChI=1S/C30H28N2O6S/c1-5-16-38-23-15-13-21(17-24(23)37-6-2)26-25(22(34)14-12-20-10-8-7-9-11-20)27(35)29(36)32(26)30-31-18(3)28(39-30)19(4)33/h5,7-15,17,26,35H,1,6,16H2,2-4H3. The van der Waals surface area contributed by atoms with Gasteiger partial charge in [-0.15, -0.1) is 0 Å². The molecule has 0 saturated heterocycles. The van der Waals surface area contributed by atoms with Gasteiger partial charge in [0.2, 0.25) is 0 Å². The fraction of sp³-hybridized carbons (Fsp3) is 0.200. The molecule has 1 aliphatic rings. The van der Waals surface area contributed by atoms with Crippen molar-refractivity contribution in [2.24, 2.45) is 0 Å². The van der Waals surface area contributed by atoms with Gasteiger partial charge in [-0.1, -0.05) is 66.5 Å². The Morgan fingerprint density at radius 3 is 2.54 bits per heavy atom. The smallest absolute Gasteiger partial charge is 0.296 e. The minimum atomic E-state index is -1.02. The number of Topliss-reactive ketones (excluding diaryl/α,β-unsaturated/α-hetero) is 1. The van der Waals surface area contributed by atoms with Crippen molar-refractivity contribution in [2.75, 3.05) is 18.1 Å². The van der Waals surface area contributed by atoms with E-state index in [1.165, 1.54) is 17.9 Å². The summed E-state index contributed by atoms with van der Waals surface area (Å²) in [5.41, 5.74) is 1.63. The highest BCUT2D eigenvalue weighted by atomic mass is 32.1. The number of rotatable bonds is 11. The summed E-state index contributed by atoms with van der Waals surface area (Å²) < 4.78 is 11.5. The molecule has 1 atom stereocenters. The minimum absolute atomic E-state index is 0.105. The van der Waals surface area contributed by atoms with Crippen LogP contribution in [0.5, 0.6) is 11.5 Å². The summed E-state index contributed by atoms with van der Waals surface area (Å²) in [6.45, 7) is 9.19. The molecule has 1 aromatic heterocycles. The molecule has 200 valence electrons. The van der Waals surface area contributed by atoms with Crippen LogP contribution in [0.4, 0.5) is 5.13 Å². The zero-order valence-electron chi connectivity index (χ0n) is 21.8. The van der Waals surface area contributed by atoms with Crippen molar-refractivity contribution >= 4 is 40.0 Å². The summed E-state index contributed by atoms with van der Waals surface area (Å²) in [5, 5.41) is 11.2. The maximum atomic E-state index is 13.5. The Balaban J connectivity index is 1.84. The number of ketones is 2. The van der Waals surface area contributed by atoms with Crippen LogP contribution in [0.1, 0.15) is 46.4 Å². The first-order valence-electron chi connectivity index (χ1n) is 12.3. The fourth-order valence-electron chi connectivity index (χ4n) is 4.24. The second kappa shape index (κ2) is 11.9. The summed E-state index contributed by atoms with van der Waals surface area (Å²) >= 11 is 1.03. The van der Waals surface area contributed by atoms with Crippen LogP contribution in [0.2, 0.25) is 0 Å². The molecule has 0 radical (unpaired) electrons. The van der Waals surface area contributed by atoms with E-state index < -0.39 is 23.5 Å². The number of thiazole rings is 1. The predicted molar refractivity (Wildman–Crippen MR) is 151 cm³/mol. The third-order valence-corrected chi connectivity index (χ3v) is 7.21. The van der Waals surface area contributed by atoms with Gasteiger partial charge in [0.05, 0.1) is 28.8 Å². The number of aliphatic hydroxyl groups is 1. The molecule has 1 aliphatic heterocycles. The fourth-order valence-corrected chi connectivity index (χ4v) is 5.23. The Morgan fingerprint density at radius 1 is 1.15 bits per heavy atom. The van der Waals surface area contributed by atoms with E-state index in [1.807, 2.05) is 37.3 Å². The van der Waals surface area contributed by atoms with E-state index in [-0.39, 0.29) is 23.1 Å². The lowest BCUT2D eigenvalue weighted by Crippen LogP contribution is -2.30. The zero-order valence-corrected chi connectivity index (χ0v) is 22.7. The second-order valence-corrected chi connectivity index (χ2v) is 9.63. The van der Waals surface area contributed by atoms with Crippen molar-refractivity contribution in [3.05, 3.63) is 100 Å². The molecule has 39 heavy (non-hydrogen) atoms. The van der Waals surface area contributed by atoms with Gasteiger partial charge in [-0.25, -0.2) is 4.98 Å². The van der Waals surface area contributed by atoms with Crippen molar-refractivity contribution in [1.82, 2.24) is 4.98 Å². The number of hydrogen-bond donors (Lipinski definition) is 1. The molecule has 9 heteroatoms. The van der Waals surface area contributed by atoms with Crippen LogP contribution < -0.4 is 14.4 Å². The van der Waals surface area contributed by atoms with E-state index in [9.17, 15) is 19.5 Å². The van der Waals surface area contributed by atoms with Crippen LogP contribution in [0.3, 0.4) is 0 Å². The largest absolute Gasteiger partial charge is 0.503 e. The summed E-state index contributed by atoms with van der Waals surface area (Å²) in [6, 6.07) is 13.2. The lowest BCUT2D eigenvalue weighted by molar-refractivity contribution is -0.117. The van der Waals surface area contributed by atoms with E-state index in [1.54, 1.807) is 37.3 Å². The summed E-state index contributed by atoms with van der Waals surface area (Å²) in [4.78, 5) is 45.2. The number of aliphatic hydroxyl groups excluding tert-OH is 1. The van der Waals surface area contributed by atoms with Crippen LogP contribution in [-0.2, 0) is 9.59 Å². The van der Waals surface area contributed by atoms with Crippen LogP contribution in [0.15, 0.2) is 78.6 Å². The molecule has 1 N–H and O–H groups in total. The molecule has 4 rings (SSSR count). The number of carbonyl (C=O) groups is 3. The number of amides is 1. The molecule has 0 saturated carbocycles. The van der Waals surface area contributed by atoms with Gasteiger partial charge in [0, 0.05) is 6.92 Å². The molecule has 0 aliphatic carbocycles. The van der Waals surface area contributed by atoms with Crippen LogP contribution in [0, 0.1) is 6.92 Å². The van der Waals surface area contributed by atoms with Crippen LogP contribution in [0.25, 0.3) is 6.08 Å². The van der Waals surface area contributed by atoms with E-state index in [4.69, 9.17) is 9.47 Å². The normalized spacial score (nSPS) is 15.2. The zero-order chi connectivity index (χ0) is 28.1. The number of allylic oxidation sites excluding steroid dienone is 1. The summed E-state index contributed by atoms with van der Waals surface area (Å²) in [6.07, 6.45) is 4.55. The highest BCUT2D eigenvalue weighted by Crippen LogP contribution is 2.45. The highest BCUT2D eigenvalue weighted by molar-refractivity contribution is 7.17. The van der Waals surface area contributed by atoms with E-state index in [0.29, 0.717) is 34.2 Å². The molecule has 1 amide bonds. The lowest BCUT2D eigenvalue weighted by atomic mass is 9.95. The topological polar surface area (TPSA) is 106 Å². The maximum absolute atomic E-state index is 13.5. The van der Waals surface area contributed by atoms with Gasteiger partial charge in [0.25, 0.3) is 5.91 Å². The number of anilines is 1. The molecule has 2 heterocycles. The second-order valence-electron chi connectivity index (χ2n) is 8.65. The van der Waals surface area contributed by atoms with Crippen molar-refractivity contribution in [3.8, 4) is 11.5 Å². The molecular weight excluding hydrogens is 516 g/mol. The number of ether oxygens (including phenoxy) is 2. The molecule has 2 aromatic carbocycles. The van der Waals surface area contributed by atoms with E-state index >= 15 is 0 Å². The monoisotopic (exact) mass is 544 g/mol. The Kier molecular flexibility index (Phi) is 8.41. The first-order valence-corrected chi connectivity index (χ1v) is 13.1. The first-order chi connectivity index (χ1) is 18.8. The van der Waals surface area contributed by atoms with Gasteiger partial charge in [-0.3, -0.25) is 19.3 Å². The molecule has 0 fully saturated rings. The molecular formula is C30H28N2O6S. The van der Waals surface area contributed by atoms with Gasteiger partial charge in [0.15, 0.2) is 34.0 Å². The number of nitrogens with zero attached hydrogens (tertiary/aromatic N) is 2. The van der Waals surface area contributed by atoms with Gasteiger partial charge in [-0.05, 0) is 43.2 Å². The molecule has 3 aromatic rings. The van der Waals surface area contributed by atoms with Crippen molar-refractivity contribution < 1.29 is 29.0 Å². The van der Waals surface area contributed by atoms with Gasteiger partial charge < -0.3 is 14.6 Å². The molecule has 0 spiro atoms. The highest BCUT2D eigenvalue weighted by Gasteiger charge is 2.45. The maximum Gasteiger partial charge on any atom is 0.296 e. The van der Waals surface area contributed by atoms with Crippen molar-refractivity contribution in [1.29, 1.82) is 0 Å². The van der Waals surface area contributed by atoms with Crippen LogP contribution >= 0.6 is 11.3 Å². The third-order valence-electron chi connectivity index (χ3n) is 5.95. The van der Waals surface area contributed by atoms with E-state index in [0.717, 1.165) is 16.9 Å².